The quantitative estimate of drug-likeness (QED) is 0.659. The number of nitrogens with zero attached hydrogens (tertiary/aromatic N) is 3. The zero-order valence-corrected chi connectivity index (χ0v) is 11.3. The molecule has 5 heteroatoms. The van der Waals surface area contributed by atoms with E-state index in [1.165, 1.54) is 24.0 Å². The lowest BCUT2D eigenvalue weighted by Crippen LogP contribution is -2.01. The molecule has 0 aliphatic heterocycles. The normalized spacial score (nSPS) is 12.6. The third-order valence-electron chi connectivity index (χ3n) is 3.39. The topological polar surface area (TPSA) is 73.6 Å². The van der Waals surface area contributed by atoms with Gasteiger partial charge in [-0.25, -0.2) is 9.97 Å². The summed E-state index contributed by atoms with van der Waals surface area (Å²) in [6.45, 7) is 1.80. The van der Waals surface area contributed by atoms with E-state index >= 15 is 0 Å². The number of benzene rings is 1. The number of anilines is 3. The summed E-state index contributed by atoms with van der Waals surface area (Å²) >= 11 is 0. The maximum Gasteiger partial charge on any atom is 0.182 e. The number of fused-ring (bicyclic) bond motifs is 1. The number of aryl methyl sites for hydroxylation is 3. The van der Waals surface area contributed by atoms with Crippen LogP contribution in [-0.2, 0) is 12.8 Å². The van der Waals surface area contributed by atoms with E-state index in [0.29, 0.717) is 17.5 Å². The summed E-state index contributed by atoms with van der Waals surface area (Å²) in [6, 6.07) is 8.15. The molecule has 0 unspecified atom stereocenters. The van der Waals surface area contributed by atoms with Crippen molar-refractivity contribution in [2.75, 3.05) is 10.6 Å². The first-order valence-electron chi connectivity index (χ1n) is 6.64. The molecule has 0 fully saturated rings. The zero-order chi connectivity index (χ0) is 13.9. The van der Waals surface area contributed by atoms with Crippen molar-refractivity contribution in [3.8, 4) is 6.19 Å². The Morgan fingerprint density at radius 1 is 1.10 bits per heavy atom. The number of hydrogen-bond donors (Lipinski definition) is 2. The fourth-order valence-electron chi connectivity index (χ4n) is 2.55. The van der Waals surface area contributed by atoms with Gasteiger partial charge in [0.2, 0.25) is 0 Å². The lowest BCUT2D eigenvalue weighted by molar-refractivity contribution is 0.912. The molecule has 0 radical (unpaired) electrons. The molecule has 0 bridgehead atoms. The number of nitrogens with one attached hydrogen (secondary N) is 2. The first kappa shape index (κ1) is 12.4. The van der Waals surface area contributed by atoms with Gasteiger partial charge in [0.15, 0.2) is 6.19 Å². The lowest BCUT2D eigenvalue weighted by Gasteiger charge is -2.09. The molecule has 0 saturated heterocycles. The van der Waals surface area contributed by atoms with Crippen LogP contribution in [0.5, 0.6) is 0 Å². The summed E-state index contributed by atoms with van der Waals surface area (Å²) in [7, 11) is 0. The molecule has 0 spiro atoms. The maximum absolute atomic E-state index is 8.66. The smallest absolute Gasteiger partial charge is 0.182 e. The minimum atomic E-state index is 0.503. The summed E-state index contributed by atoms with van der Waals surface area (Å²) < 4.78 is 0. The highest BCUT2D eigenvalue weighted by atomic mass is 15.1. The highest BCUT2D eigenvalue weighted by molar-refractivity contribution is 5.61. The van der Waals surface area contributed by atoms with Gasteiger partial charge in [0.1, 0.15) is 17.5 Å². The van der Waals surface area contributed by atoms with E-state index in [1.54, 1.807) is 13.0 Å². The van der Waals surface area contributed by atoms with Gasteiger partial charge in [-0.15, -0.1) is 0 Å². The van der Waals surface area contributed by atoms with Crippen LogP contribution in [0.4, 0.5) is 17.3 Å². The SMILES string of the molecule is Cc1nc(NC#N)cc(Nc2ccc3c(c2)CCC3)n1. The van der Waals surface area contributed by atoms with Gasteiger partial charge in [-0.05, 0) is 49.4 Å². The number of nitriles is 1. The molecule has 1 aromatic heterocycles. The zero-order valence-electron chi connectivity index (χ0n) is 11.3. The van der Waals surface area contributed by atoms with Crippen molar-refractivity contribution in [1.29, 1.82) is 5.26 Å². The molecule has 1 aromatic carbocycles. The van der Waals surface area contributed by atoms with Crippen molar-refractivity contribution < 1.29 is 0 Å². The second-order valence-electron chi connectivity index (χ2n) is 4.88. The minimum absolute atomic E-state index is 0.503. The molecular formula is C15H15N5. The molecule has 1 aliphatic rings. The lowest BCUT2D eigenvalue weighted by atomic mass is 10.1. The minimum Gasteiger partial charge on any atom is -0.340 e. The summed E-state index contributed by atoms with van der Waals surface area (Å²) in [5, 5.41) is 14.5. The molecule has 2 N–H and O–H groups in total. The van der Waals surface area contributed by atoms with E-state index in [2.05, 4.69) is 38.8 Å². The first-order valence-corrected chi connectivity index (χ1v) is 6.64. The summed E-state index contributed by atoms with van der Waals surface area (Å²) in [5.74, 6) is 1.81. The van der Waals surface area contributed by atoms with Crippen LogP contribution < -0.4 is 10.6 Å². The number of aromatic nitrogens is 2. The average Bonchev–Trinajstić information content (AvgIpc) is 2.85. The average molecular weight is 265 g/mol. The van der Waals surface area contributed by atoms with E-state index in [9.17, 15) is 0 Å². The predicted octanol–water partition coefficient (Wildman–Crippen LogP) is 2.91. The van der Waals surface area contributed by atoms with Crippen LogP contribution in [0.3, 0.4) is 0 Å². The fourth-order valence-corrected chi connectivity index (χ4v) is 2.55. The Labute approximate surface area is 117 Å². The van der Waals surface area contributed by atoms with E-state index in [0.717, 1.165) is 12.1 Å². The third kappa shape index (κ3) is 2.54. The Morgan fingerprint density at radius 3 is 2.75 bits per heavy atom. The molecule has 2 aromatic rings. The summed E-state index contributed by atoms with van der Waals surface area (Å²) in [5.41, 5.74) is 3.88. The Balaban J connectivity index is 1.86. The van der Waals surface area contributed by atoms with Crippen LogP contribution >= 0.6 is 0 Å². The van der Waals surface area contributed by atoms with Crippen molar-refractivity contribution in [2.45, 2.75) is 26.2 Å². The van der Waals surface area contributed by atoms with Crippen LogP contribution in [0.25, 0.3) is 0 Å². The van der Waals surface area contributed by atoms with Crippen molar-refractivity contribution in [3.63, 3.8) is 0 Å². The van der Waals surface area contributed by atoms with E-state index in [-0.39, 0.29) is 0 Å². The van der Waals surface area contributed by atoms with E-state index in [4.69, 9.17) is 5.26 Å². The van der Waals surface area contributed by atoms with Gasteiger partial charge in [-0.2, -0.15) is 5.26 Å². The van der Waals surface area contributed by atoms with Crippen LogP contribution in [0, 0.1) is 18.4 Å². The van der Waals surface area contributed by atoms with Crippen molar-refractivity contribution in [1.82, 2.24) is 9.97 Å². The predicted molar refractivity (Wildman–Crippen MR) is 77.8 cm³/mol. The number of hydrogen-bond acceptors (Lipinski definition) is 5. The largest absolute Gasteiger partial charge is 0.340 e. The molecule has 3 rings (SSSR count). The van der Waals surface area contributed by atoms with Gasteiger partial charge in [-0.1, -0.05) is 6.07 Å². The third-order valence-corrected chi connectivity index (χ3v) is 3.39. The van der Waals surface area contributed by atoms with Gasteiger partial charge >= 0.3 is 0 Å². The summed E-state index contributed by atoms with van der Waals surface area (Å²) in [6.07, 6.45) is 5.43. The van der Waals surface area contributed by atoms with Crippen LogP contribution in [-0.4, -0.2) is 9.97 Å². The van der Waals surface area contributed by atoms with Crippen molar-refractivity contribution in [3.05, 3.63) is 41.2 Å². The fraction of sp³-hybridized carbons (Fsp3) is 0.267. The van der Waals surface area contributed by atoms with Crippen molar-refractivity contribution >= 4 is 17.3 Å². The van der Waals surface area contributed by atoms with Gasteiger partial charge in [0.25, 0.3) is 0 Å². The Hall–Kier alpha value is -2.61. The second kappa shape index (κ2) is 5.17. The van der Waals surface area contributed by atoms with Crippen LogP contribution in [0.1, 0.15) is 23.4 Å². The standard InChI is InChI=1S/C15H15N5/c1-10-18-14(17-9-16)8-15(19-10)20-13-6-5-11-3-2-4-12(11)7-13/h5-8H,2-4H2,1H3,(H2,17,18,19,20). The monoisotopic (exact) mass is 265 g/mol. The second-order valence-corrected chi connectivity index (χ2v) is 4.88. The van der Waals surface area contributed by atoms with Gasteiger partial charge < -0.3 is 5.32 Å². The van der Waals surface area contributed by atoms with Gasteiger partial charge in [0, 0.05) is 11.8 Å². The molecule has 0 amide bonds. The molecule has 100 valence electrons. The Morgan fingerprint density at radius 2 is 1.90 bits per heavy atom. The molecule has 1 aliphatic carbocycles. The Kier molecular flexibility index (Phi) is 3.21. The van der Waals surface area contributed by atoms with Crippen molar-refractivity contribution in [2.24, 2.45) is 0 Å². The first-order chi connectivity index (χ1) is 9.74. The maximum atomic E-state index is 8.66. The van der Waals surface area contributed by atoms with Crippen LogP contribution in [0.2, 0.25) is 0 Å². The molecular weight excluding hydrogens is 250 g/mol. The van der Waals surface area contributed by atoms with Gasteiger partial charge in [-0.3, -0.25) is 5.32 Å². The van der Waals surface area contributed by atoms with Gasteiger partial charge in [0.05, 0.1) is 0 Å². The Bertz CT molecular complexity index is 687. The highest BCUT2D eigenvalue weighted by Crippen LogP contribution is 2.26. The molecule has 0 saturated carbocycles. The summed E-state index contributed by atoms with van der Waals surface area (Å²) in [4.78, 5) is 8.47. The van der Waals surface area contributed by atoms with Crippen LogP contribution in [0.15, 0.2) is 24.3 Å². The number of rotatable bonds is 3. The van der Waals surface area contributed by atoms with E-state index in [1.807, 2.05) is 6.19 Å². The molecule has 0 atom stereocenters. The highest BCUT2D eigenvalue weighted by Gasteiger charge is 2.11. The molecule has 1 heterocycles. The molecule has 20 heavy (non-hydrogen) atoms. The van der Waals surface area contributed by atoms with E-state index < -0.39 is 0 Å². The molecule has 5 nitrogen and oxygen atoms in total.